The quantitative estimate of drug-likeness (QED) is 0.351. The number of sulfonamides is 1. The van der Waals surface area contributed by atoms with Gasteiger partial charge in [-0.2, -0.15) is 0 Å². The number of hydroxylamine groups is 2. The number of carboxylic acid groups (broad SMARTS) is 1. The van der Waals surface area contributed by atoms with Crippen LogP contribution >= 0.6 is 0 Å². The molecule has 2 fully saturated rings. The first-order valence-electron chi connectivity index (χ1n) is 13.6. The Bertz CT molecular complexity index is 1150. The molecule has 0 aromatic heterocycles. The van der Waals surface area contributed by atoms with Crippen LogP contribution < -0.4 is 14.2 Å². The van der Waals surface area contributed by atoms with E-state index in [1.807, 2.05) is 18.7 Å². The third-order valence-electron chi connectivity index (χ3n) is 7.51. The van der Waals surface area contributed by atoms with Gasteiger partial charge in [0.05, 0.1) is 31.9 Å². The summed E-state index contributed by atoms with van der Waals surface area (Å²) in [7, 11) is -1.84. The molecule has 0 aliphatic carbocycles. The van der Waals surface area contributed by atoms with Gasteiger partial charge in [-0.3, -0.25) is 19.3 Å². The average molecular weight is 570 g/mol. The van der Waals surface area contributed by atoms with Gasteiger partial charge < -0.3 is 19.3 Å². The molecule has 12 nitrogen and oxygen atoms in total. The molecule has 0 radical (unpaired) electrons. The summed E-state index contributed by atoms with van der Waals surface area (Å²) in [6.45, 7) is 5.65. The topological polar surface area (TPSA) is 135 Å². The van der Waals surface area contributed by atoms with E-state index in [1.165, 1.54) is 16.5 Å². The highest BCUT2D eigenvalue weighted by Crippen LogP contribution is 2.47. The van der Waals surface area contributed by atoms with E-state index >= 15 is 0 Å². The first-order chi connectivity index (χ1) is 18.7. The van der Waals surface area contributed by atoms with Gasteiger partial charge in [0.15, 0.2) is 11.5 Å². The maximum absolute atomic E-state index is 13.3. The third kappa shape index (κ3) is 6.42. The maximum Gasteiger partial charge on any atom is 0.308 e. The van der Waals surface area contributed by atoms with E-state index in [4.69, 9.17) is 19.0 Å². The van der Waals surface area contributed by atoms with E-state index in [0.717, 1.165) is 6.42 Å². The number of hydrogen-bond acceptors (Lipinski definition) is 9. The fraction of sp³-hybridized carbons (Fsp3) is 0.692. The molecule has 1 aromatic rings. The minimum Gasteiger partial charge on any atom is -0.493 e. The number of fused-ring (bicyclic) bond motifs is 1. The predicted octanol–water partition coefficient (Wildman–Crippen LogP) is 1.90. The standard InChI is InChI=1S/C26H39N3O9S/c1-4-8-29(38-11-5-2)23(30)16-27-15-19(18-13-21(35-3)25-22(14-18)36-17-37-25)24(26(31)32)20(27)7-10-28-9-6-12-39(28,33)34/h13-14,19-20,24H,4-12,15-17H2,1-3H3,(H,31,32). The second-order valence-corrected chi connectivity index (χ2v) is 12.2. The van der Waals surface area contributed by atoms with Crippen molar-refractivity contribution in [2.75, 3.05) is 59.0 Å². The molecule has 2 saturated heterocycles. The normalized spacial score (nSPS) is 24.2. The second kappa shape index (κ2) is 12.7. The van der Waals surface area contributed by atoms with Gasteiger partial charge in [0.25, 0.3) is 5.91 Å². The van der Waals surface area contributed by atoms with Gasteiger partial charge in [-0.1, -0.05) is 13.8 Å². The Morgan fingerprint density at radius 1 is 1.21 bits per heavy atom. The van der Waals surface area contributed by atoms with Crippen molar-refractivity contribution >= 4 is 21.9 Å². The summed E-state index contributed by atoms with van der Waals surface area (Å²) in [5.74, 6) is -1.14. The number of methoxy groups -OCH3 is 1. The number of nitrogens with zero attached hydrogens (tertiary/aromatic N) is 3. The van der Waals surface area contributed by atoms with Crippen molar-refractivity contribution < 1.29 is 42.2 Å². The first kappa shape index (κ1) is 29.4. The van der Waals surface area contributed by atoms with Crippen LogP contribution in [0.15, 0.2) is 12.1 Å². The van der Waals surface area contributed by atoms with Crippen molar-refractivity contribution in [3.63, 3.8) is 0 Å². The zero-order chi connectivity index (χ0) is 28.2. The van der Waals surface area contributed by atoms with Gasteiger partial charge in [0, 0.05) is 38.1 Å². The zero-order valence-corrected chi connectivity index (χ0v) is 23.7. The molecule has 0 saturated carbocycles. The van der Waals surface area contributed by atoms with Crippen LogP contribution in [-0.4, -0.2) is 105 Å². The molecule has 4 rings (SSSR count). The Morgan fingerprint density at radius 2 is 2.00 bits per heavy atom. The van der Waals surface area contributed by atoms with Crippen LogP contribution in [0.4, 0.5) is 0 Å². The highest BCUT2D eigenvalue weighted by molar-refractivity contribution is 7.89. The number of carbonyl (C=O) groups excluding carboxylic acids is 1. The van der Waals surface area contributed by atoms with Gasteiger partial charge in [-0.25, -0.2) is 17.8 Å². The van der Waals surface area contributed by atoms with Crippen molar-refractivity contribution in [2.45, 2.75) is 51.5 Å². The van der Waals surface area contributed by atoms with Crippen LogP contribution in [0, 0.1) is 5.92 Å². The lowest BCUT2D eigenvalue weighted by atomic mass is 9.84. The molecular weight excluding hydrogens is 530 g/mol. The summed E-state index contributed by atoms with van der Waals surface area (Å²) in [6, 6.07) is 2.96. The van der Waals surface area contributed by atoms with Crippen molar-refractivity contribution in [2.24, 2.45) is 5.92 Å². The highest BCUT2D eigenvalue weighted by Gasteiger charge is 2.48. The summed E-state index contributed by atoms with van der Waals surface area (Å²) in [5.41, 5.74) is 0.699. The van der Waals surface area contributed by atoms with E-state index in [1.54, 1.807) is 12.1 Å². The minimum atomic E-state index is -3.34. The Hall–Kier alpha value is -2.61. The Balaban J connectivity index is 1.64. The van der Waals surface area contributed by atoms with Crippen molar-refractivity contribution in [1.29, 1.82) is 0 Å². The Morgan fingerprint density at radius 3 is 2.64 bits per heavy atom. The van der Waals surface area contributed by atoms with Crippen molar-refractivity contribution in [3.05, 3.63) is 17.7 Å². The van der Waals surface area contributed by atoms with Gasteiger partial charge in [0.2, 0.25) is 22.6 Å². The van der Waals surface area contributed by atoms with Crippen LogP contribution in [0.1, 0.15) is 51.0 Å². The van der Waals surface area contributed by atoms with Crippen LogP contribution in [0.5, 0.6) is 17.2 Å². The Kier molecular flexibility index (Phi) is 9.57. The number of likely N-dealkylation sites (tertiary alicyclic amines) is 1. The van der Waals surface area contributed by atoms with Crippen LogP contribution in [-0.2, 0) is 24.4 Å². The third-order valence-corrected chi connectivity index (χ3v) is 9.47. The Labute approximate surface area is 229 Å². The molecular formula is C26H39N3O9S. The van der Waals surface area contributed by atoms with E-state index < -0.39 is 33.9 Å². The second-order valence-electron chi connectivity index (χ2n) is 10.1. The van der Waals surface area contributed by atoms with E-state index in [9.17, 15) is 23.1 Å². The number of benzene rings is 1. The molecule has 13 heteroatoms. The molecule has 3 unspecified atom stereocenters. The van der Waals surface area contributed by atoms with Gasteiger partial charge in [0.1, 0.15) is 0 Å². The summed E-state index contributed by atoms with van der Waals surface area (Å²) >= 11 is 0. The van der Waals surface area contributed by atoms with Gasteiger partial charge in [-0.15, -0.1) is 0 Å². The van der Waals surface area contributed by atoms with Crippen LogP contribution in [0.3, 0.4) is 0 Å². The number of hydrogen-bond donors (Lipinski definition) is 1. The monoisotopic (exact) mass is 569 g/mol. The molecule has 218 valence electrons. The van der Waals surface area contributed by atoms with Crippen molar-refractivity contribution in [1.82, 2.24) is 14.3 Å². The highest BCUT2D eigenvalue weighted by atomic mass is 32.2. The zero-order valence-electron chi connectivity index (χ0n) is 22.8. The van der Waals surface area contributed by atoms with Crippen LogP contribution in [0.2, 0.25) is 0 Å². The lowest BCUT2D eigenvalue weighted by Gasteiger charge is -2.30. The summed E-state index contributed by atoms with van der Waals surface area (Å²) < 4.78 is 42.9. The lowest BCUT2D eigenvalue weighted by Crippen LogP contribution is -2.45. The van der Waals surface area contributed by atoms with E-state index in [2.05, 4.69) is 0 Å². The molecule has 0 spiro atoms. The van der Waals surface area contributed by atoms with Gasteiger partial charge >= 0.3 is 5.97 Å². The average Bonchev–Trinajstić information content (AvgIpc) is 3.61. The summed E-state index contributed by atoms with van der Waals surface area (Å²) in [6.07, 6.45) is 2.30. The number of amides is 1. The first-order valence-corrected chi connectivity index (χ1v) is 15.2. The predicted molar refractivity (Wildman–Crippen MR) is 141 cm³/mol. The molecule has 0 bridgehead atoms. The molecule has 3 aliphatic rings. The fourth-order valence-corrected chi connectivity index (χ4v) is 7.23. The number of aliphatic carboxylic acids is 1. The molecule has 3 aliphatic heterocycles. The molecule has 1 aromatic carbocycles. The van der Waals surface area contributed by atoms with E-state index in [-0.39, 0.29) is 44.5 Å². The number of ether oxygens (including phenoxy) is 3. The number of carboxylic acids is 1. The smallest absolute Gasteiger partial charge is 0.308 e. The lowest BCUT2D eigenvalue weighted by molar-refractivity contribution is -0.188. The molecule has 39 heavy (non-hydrogen) atoms. The van der Waals surface area contributed by atoms with E-state index in [0.29, 0.717) is 55.4 Å². The SMILES string of the molecule is CCCON(CCC)C(=O)CN1CC(c2cc(OC)c3c(c2)OCO3)C(C(=O)O)C1CCN1CCCS1(=O)=O. The van der Waals surface area contributed by atoms with Crippen LogP contribution in [0.25, 0.3) is 0 Å². The molecule has 3 heterocycles. The van der Waals surface area contributed by atoms with Crippen molar-refractivity contribution in [3.8, 4) is 17.2 Å². The largest absolute Gasteiger partial charge is 0.493 e. The molecule has 1 N–H and O–H groups in total. The number of rotatable bonds is 13. The number of carbonyl (C=O) groups is 2. The molecule has 3 atom stereocenters. The minimum absolute atomic E-state index is 0.0386. The molecule has 1 amide bonds. The summed E-state index contributed by atoms with van der Waals surface area (Å²) in [4.78, 5) is 33.6. The fourth-order valence-electron chi connectivity index (χ4n) is 5.69. The summed E-state index contributed by atoms with van der Waals surface area (Å²) in [5, 5.41) is 11.8. The van der Waals surface area contributed by atoms with Gasteiger partial charge in [-0.05, 0) is 43.4 Å². The maximum atomic E-state index is 13.3.